The van der Waals surface area contributed by atoms with Crippen molar-refractivity contribution in [1.29, 1.82) is 0 Å². The second-order valence-electron chi connectivity index (χ2n) is 6.96. The summed E-state index contributed by atoms with van der Waals surface area (Å²) in [6.07, 6.45) is -1.89. The Morgan fingerprint density at radius 1 is 1.30 bits per heavy atom. The molecule has 3 aromatic heterocycles. The first kappa shape index (κ1) is 22.9. The van der Waals surface area contributed by atoms with Gasteiger partial charge in [-0.15, -0.1) is 24.5 Å². The summed E-state index contributed by atoms with van der Waals surface area (Å²) in [5.41, 5.74) is 0.127. The number of rotatable bonds is 5. The van der Waals surface area contributed by atoms with Crippen molar-refractivity contribution in [3.63, 3.8) is 0 Å². The monoisotopic (exact) mass is 498 g/mol. The third-order valence-corrected chi connectivity index (χ3v) is 5.94. The molecule has 0 radical (unpaired) electrons. The number of fused-ring (bicyclic) bond motifs is 1. The standard InChI is InChI=1S/C21H15ClF3N3O4S/c1-11-4-3-7-27-17(11)28(10-13-9-26-20(22)33-13)19(30)16(18(27)29)14-8-12(32-21(23,24)25)5-6-15(14)31-2/h3-9H,10H2,1-2H3/p+1. The van der Waals surface area contributed by atoms with Gasteiger partial charge in [-0.05, 0) is 37.3 Å². The number of aromatic nitrogens is 3. The number of thiazole rings is 1. The minimum atomic E-state index is -4.94. The average molecular weight is 499 g/mol. The number of methoxy groups -OCH3 is 1. The highest BCUT2D eigenvalue weighted by Crippen LogP contribution is 2.37. The fourth-order valence-corrected chi connectivity index (χ4v) is 4.51. The SMILES string of the molecule is COc1ccc(OC(F)(F)F)cc1-c1c(O)[n+](Cc2cnc(Cl)s2)c2c(C)cccn2c1=O. The molecule has 0 saturated carbocycles. The van der Waals surface area contributed by atoms with Crippen LogP contribution in [0.15, 0.2) is 47.5 Å². The molecule has 0 fully saturated rings. The summed E-state index contributed by atoms with van der Waals surface area (Å²) in [4.78, 5) is 18.1. The molecule has 0 saturated heterocycles. The molecule has 0 amide bonds. The highest BCUT2D eigenvalue weighted by atomic mass is 35.5. The molecular weight excluding hydrogens is 483 g/mol. The first-order chi connectivity index (χ1) is 15.6. The van der Waals surface area contributed by atoms with Crippen LogP contribution in [0.25, 0.3) is 16.8 Å². The van der Waals surface area contributed by atoms with Crippen molar-refractivity contribution in [3.8, 4) is 28.5 Å². The number of nitrogens with zero attached hydrogens (tertiary/aromatic N) is 3. The number of aryl methyl sites for hydroxylation is 1. The molecule has 172 valence electrons. The van der Waals surface area contributed by atoms with Crippen molar-refractivity contribution in [1.82, 2.24) is 9.38 Å². The lowest BCUT2D eigenvalue weighted by Crippen LogP contribution is -2.41. The minimum Gasteiger partial charge on any atom is -0.496 e. The Balaban J connectivity index is 2.03. The van der Waals surface area contributed by atoms with Crippen molar-refractivity contribution in [2.45, 2.75) is 19.8 Å². The van der Waals surface area contributed by atoms with Gasteiger partial charge in [-0.1, -0.05) is 11.6 Å². The Hall–Kier alpha value is -3.31. The second-order valence-corrected chi connectivity index (χ2v) is 8.66. The van der Waals surface area contributed by atoms with Gasteiger partial charge < -0.3 is 14.6 Å². The topological polar surface area (TPSA) is 76.9 Å². The lowest BCUT2D eigenvalue weighted by Gasteiger charge is -2.15. The van der Waals surface area contributed by atoms with Crippen LogP contribution < -0.4 is 19.6 Å². The molecular formula is C21H16ClF3N3O4S+. The third kappa shape index (κ3) is 4.46. The first-order valence-corrected chi connectivity index (χ1v) is 10.6. The third-order valence-electron chi connectivity index (χ3n) is 4.84. The number of hydrogen-bond acceptors (Lipinski definition) is 6. The minimum absolute atomic E-state index is 0.0613. The quantitative estimate of drug-likeness (QED) is 0.414. The number of ether oxygens (including phenoxy) is 2. The molecule has 3 heterocycles. The van der Waals surface area contributed by atoms with Crippen LogP contribution in [-0.4, -0.2) is 28.0 Å². The summed E-state index contributed by atoms with van der Waals surface area (Å²) in [6, 6.07) is 6.71. The first-order valence-electron chi connectivity index (χ1n) is 9.40. The average Bonchev–Trinajstić information content (AvgIpc) is 3.15. The van der Waals surface area contributed by atoms with Crippen LogP contribution in [0.5, 0.6) is 17.4 Å². The van der Waals surface area contributed by atoms with Gasteiger partial charge in [0.15, 0.2) is 10.0 Å². The van der Waals surface area contributed by atoms with Crippen molar-refractivity contribution < 1.29 is 32.3 Å². The molecule has 0 atom stereocenters. The molecule has 12 heteroatoms. The van der Waals surface area contributed by atoms with E-state index in [0.717, 1.165) is 12.1 Å². The molecule has 0 aliphatic heterocycles. The Kier molecular flexibility index (Phi) is 5.93. The van der Waals surface area contributed by atoms with Crippen molar-refractivity contribution in [2.75, 3.05) is 7.11 Å². The number of aromatic hydroxyl groups is 1. The molecule has 0 aliphatic rings. The van der Waals surface area contributed by atoms with Crippen molar-refractivity contribution >= 4 is 28.6 Å². The smallest absolute Gasteiger partial charge is 0.496 e. The van der Waals surface area contributed by atoms with Gasteiger partial charge in [-0.2, -0.15) is 8.97 Å². The van der Waals surface area contributed by atoms with Crippen LogP contribution in [0, 0.1) is 6.92 Å². The molecule has 0 unspecified atom stereocenters. The lowest BCUT2D eigenvalue weighted by atomic mass is 10.1. The summed E-state index contributed by atoms with van der Waals surface area (Å²) in [7, 11) is 1.30. The molecule has 4 aromatic rings. The number of alkyl halides is 3. The molecule has 0 aliphatic carbocycles. The zero-order valence-electron chi connectivity index (χ0n) is 17.2. The number of halogens is 4. The van der Waals surface area contributed by atoms with Crippen LogP contribution in [0.2, 0.25) is 4.47 Å². The predicted molar refractivity (Wildman–Crippen MR) is 115 cm³/mol. The highest BCUT2D eigenvalue weighted by molar-refractivity contribution is 7.15. The van der Waals surface area contributed by atoms with Crippen LogP contribution in [0.4, 0.5) is 13.2 Å². The van der Waals surface area contributed by atoms with Gasteiger partial charge in [-0.25, -0.2) is 9.78 Å². The van der Waals surface area contributed by atoms with Crippen LogP contribution in [0.3, 0.4) is 0 Å². The second kappa shape index (κ2) is 8.56. The largest absolute Gasteiger partial charge is 0.573 e. The maximum absolute atomic E-state index is 13.4. The summed E-state index contributed by atoms with van der Waals surface area (Å²) >= 11 is 7.13. The fraction of sp³-hybridized carbons (Fsp3) is 0.190. The van der Waals surface area contributed by atoms with Crippen LogP contribution in [0.1, 0.15) is 10.4 Å². The molecule has 7 nitrogen and oxygen atoms in total. The Morgan fingerprint density at radius 3 is 2.70 bits per heavy atom. The summed E-state index contributed by atoms with van der Waals surface area (Å²) in [5.74, 6) is -0.939. The molecule has 1 N–H and O–H groups in total. The van der Waals surface area contributed by atoms with Crippen LogP contribution in [-0.2, 0) is 6.54 Å². The summed E-state index contributed by atoms with van der Waals surface area (Å²) in [5, 5.41) is 11.2. The maximum atomic E-state index is 13.4. The normalized spacial score (nSPS) is 11.7. The van der Waals surface area contributed by atoms with Gasteiger partial charge in [-0.3, -0.25) is 0 Å². The van der Waals surface area contributed by atoms with E-state index in [2.05, 4.69) is 9.72 Å². The molecule has 33 heavy (non-hydrogen) atoms. The van der Waals surface area contributed by atoms with E-state index in [4.69, 9.17) is 16.3 Å². The predicted octanol–water partition coefficient (Wildman–Crippen LogP) is 4.33. The van der Waals surface area contributed by atoms with E-state index in [1.165, 1.54) is 45.9 Å². The van der Waals surface area contributed by atoms with Gasteiger partial charge >= 0.3 is 11.9 Å². The van der Waals surface area contributed by atoms with Crippen molar-refractivity contribution in [2.24, 2.45) is 0 Å². The Morgan fingerprint density at radius 2 is 2.06 bits per heavy atom. The Labute approximate surface area is 193 Å². The van der Waals surface area contributed by atoms with E-state index >= 15 is 0 Å². The van der Waals surface area contributed by atoms with Gasteiger partial charge in [0, 0.05) is 17.3 Å². The lowest BCUT2D eigenvalue weighted by molar-refractivity contribution is -0.671. The van der Waals surface area contributed by atoms with E-state index in [9.17, 15) is 23.1 Å². The Bertz CT molecular complexity index is 1420. The number of pyridine rings is 1. The summed E-state index contributed by atoms with van der Waals surface area (Å²) in [6.45, 7) is 1.88. The van der Waals surface area contributed by atoms with Crippen LogP contribution >= 0.6 is 22.9 Å². The van der Waals surface area contributed by atoms with Gasteiger partial charge in [0.1, 0.15) is 18.0 Å². The highest BCUT2D eigenvalue weighted by Gasteiger charge is 2.33. The van der Waals surface area contributed by atoms with E-state index in [-0.39, 0.29) is 23.4 Å². The molecule has 0 bridgehead atoms. The molecule has 1 aromatic carbocycles. The zero-order valence-corrected chi connectivity index (χ0v) is 18.8. The zero-order chi connectivity index (χ0) is 23.9. The van der Waals surface area contributed by atoms with Gasteiger partial charge in [0.25, 0.3) is 11.5 Å². The maximum Gasteiger partial charge on any atom is 0.573 e. The molecule has 4 rings (SSSR count). The number of benzene rings is 1. The van der Waals surface area contributed by atoms with Gasteiger partial charge in [0.05, 0.1) is 18.2 Å². The van der Waals surface area contributed by atoms with E-state index in [0.29, 0.717) is 20.6 Å². The number of hydrogen-bond donors (Lipinski definition) is 1. The van der Waals surface area contributed by atoms with Crippen molar-refractivity contribution in [3.05, 3.63) is 68.0 Å². The van der Waals surface area contributed by atoms with E-state index in [1.54, 1.807) is 19.1 Å². The fourth-order valence-electron chi connectivity index (χ4n) is 3.54. The van der Waals surface area contributed by atoms with Gasteiger partial charge in [0.2, 0.25) is 0 Å². The van der Waals surface area contributed by atoms with E-state index < -0.39 is 23.6 Å². The molecule has 0 spiro atoms. The van der Waals surface area contributed by atoms with E-state index in [1.807, 2.05) is 0 Å². The summed E-state index contributed by atoms with van der Waals surface area (Å²) < 4.78 is 50.7.